The van der Waals surface area contributed by atoms with Gasteiger partial charge in [-0.2, -0.15) is 4.98 Å². The van der Waals surface area contributed by atoms with Crippen LogP contribution in [0.4, 0.5) is 0 Å². The molecule has 0 N–H and O–H groups in total. The van der Waals surface area contributed by atoms with Crippen LogP contribution in [0.3, 0.4) is 0 Å². The topological polar surface area (TPSA) is 60.6 Å². The van der Waals surface area contributed by atoms with E-state index in [4.69, 9.17) is 14.0 Å². The summed E-state index contributed by atoms with van der Waals surface area (Å²) in [5.41, 5.74) is 0.838. The van der Waals surface area contributed by atoms with Gasteiger partial charge in [0.2, 0.25) is 11.7 Å². The van der Waals surface area contributed by atoms with Crippen LogP contribution in [-0.4, -0.2) is 48.0 Å². The van der Waals surface area contributed by atoms with E-state index < -0.39 is 0 Å². The van der Waals surface area contributed by atoms with Crippen LogP contribution in [0.1, 0.15) is 12.8 Å². The predicted molar refractivity (Wildman–Crippen MR) is 77.0 cm³/mol. The summed E-state index contributed by atoms with van der Waals surface area (Å²) in [4.78, 5) is 6.76. The van der Waals surface area contributed by atoms with E-state index >= 15 is 0 Å². The quantitative estimate of drug-likeness (QED) is 0.857. The summed E-state index contributed by atoms with van der Waals surface area (Å²) in [5.74, 6) is 1.91. The minimum atomic E-state index is 0.361. The number of benzene rings is 1. The first-order valence-electron chi connectivity index (χ1n) is 7.05. The standard InChI is InChI=1S/C15H19N3O3/c1-11-10-20-8-7-18(11)9-14-16-15(17-21-14)12-5-3-4-6-13(12)19-2/h3-6,11H,7-10H2,1-2H3/t11-/m0/s1. The number of rotatable bonds is 4. The summed E-state index contributed by atoms with van der Waals surface area (Å²) in [6.45, 7) is 5.15. The summed E-state index contributed by atoms with van der Waals surface area (Å²) in [6, 6.07) is 8.01. The van der Waals surface area contributed by atoms with Crippen molar-refractivity contribution in [3.63, 3.8) is 0 Å². The lowest BCUT2D eigenvalue weighted by molar-refractivity contribution is -0.00852. The van der Waals surface area contributed by atoms with Gasteiger partial charge in [-0.15, -0.1) is 0 Å². The van der Waals surface area contributed by atoms with Crippen LogP contribution in [0.25, 0.3) is 11.4 Å². The van der Waals surface area contributed by atoms with Gasteiger partial charge >= 0.3 is 0 Å². The fourth-order valence-electron chi connectivity index (χ4n) is 2.43. The first kappa shape index (κ1) is 14.0. The molecular weight excluding hydrogens is 270 g/mol. The van der Waals surface area contributed by atoms with Crippen molar-refractivity contribution in [2.24, 2.45) is 0 Å². The van der Waals surface area contributed by atoms with Crippen molar-refractivity contribution in [3.05, 3.63) is 30.2 Å². The Kier molecular flexibility index (Phi) is 4.17. The predicted octanol–water partition coefficient (Wildman–Crippen LogP) is 1.97. The molecule has 1 aromatic carbocycles. The summed E-state index contributed by atoms with van der Waals surface area (Å²) in [7, 11) is 1.63. The molecule has 1 aliphatic rings. The van der Waals surface area contributed by atoms with E-state index in [1.807, 2.05) is 24.3 Å². The van der Waals surface area contributed by atoms with Crippen molar-refractivity contribution in [2.45, 2.75) is 19.5 Å². The normalized spacial score (nSPS) is 19.6. The Morgan fingerprint density at radius 1 is 1.38 bits per heavy atom. The Morgan fingerprint density at radius 3 is 3.05 bits per heavy atom. The van der Waals surface area contributed by atoms with E-state index in [1.54, 1.807) is 7.11 Å². The first-order valence-corrected chi connectivity index (χ1v) is 7.05. The number of aromatic nitrogens is 2. The third-order valence-corrected chi connectivity index (χ3v) is 3.66. The Hall–Kier alpha value is -1.92. The molecule has 2 heterocycles. The summed E-state index contributed by atoms with van der Waals surface area (Å²) >= 11 is 0. The highest BCUT2D eigenvalue weighted by Gasteiger charge is 2.21. The minimum Gasteiger partial charge on any atom is -0.496 e. The monoisotopic (exact) mass is 289 g/mol. The molecule has 6 heteroatoms. The van der Waals surface area contributed by atoms with Crippen LogP contribution >= 0.6 is 0 Å². The zero-order chi connectivity index (χ0) is 14.7. The maximum atomic E-state index is 5.43. The van der Waals surface area contributed by atoms with Gasteiger partial charge in [0, 0.05) is 12.6 Å². The molecule has 0 saturated carbocycles. The van der Waals surface area contributed by atoms with Gasteiger partial charge in [-0.3, -0.25) is 4.90 Å². The van der Waals surface area contributed by atoms with Gasteiger partial charge in [0.05, 0.1) is 32.4 Å². The van der Waals surface area contributed by atoms with Gasteiger partial charge in [0.1, 0.15) is 5.75 Å². The molecule has 21 heavy (non-hydrogen) atoms. The molecule has 0 unspecified atom stereocenters. The second-order valence-corrected chi connectivity index (χ2v) is 5.11. The van der Waals surface area contributed by atoms with E-state index in [0.717, 1.165) is 31.1 Å². The summed E-state index contributed by atoms with van der Waals surface area (Å²) < 4.78 is 16.1. The lowest BCUT2D eigenvalue weighted by atomic mass is 10.2. The number of nitrogens with zero attached hydrogens (tertiary/aromatic N) is 3. The van der Waals surface area contributed by atoms with Crippen LogP contribution in [0.15, 0.2) is 28.8 Å². The average Bonchev–Trinajstić information content (AvgIpc) is 2.98. The van der Waals surface area contributed by atoms with Crippen LogP contribution in [0.5, 0.6) is 5.75 Å². The van der Waals surface area contributed by atoms with E-state index in [1.165, 1.54) is 0 Å². The molecule has 1 fully saturated rings. The number of para-hydroxylation sites is 1. The average molecular weight is 289 g/mol. The molecule has 1 saturated heterocycles. The van der Waals surface area contributed by atoms with E-state index in [2.05, 4.69) is 22.0 Å². The molecule has 1 aliphatic heterocycles. The van der Waals surface area contributed by atoms with Gasteiger partial charge in [-0.25, -0.2) is 0 Å². The Bertz CT molecular complexity index is 599. The molecule has 0 aliphatic carbocycles. The first-order chi connectivity index (χ1) is 10.3. The Labute approximate surface area is 123 Å². The lowest BCUT2D eigenvalue weighted by Crippen LogP contribution is -2.42. The van der Waals surface area contributed by atoms with Gasteiger partial charge in [-0.05, 0) is 19.1 Å². The number of morpholine rings is 1. The minimum absolute atomic E-state index is 0.361. The fraction of sp³-hybridized carbons (Fsp3) is 0.467. The smallest absolute Gasteiger partial charge is 0.241 e. The highest BCUT2D eigenvalue weighted by Crippen LogP contribution is 2.27. The fourth-order valence-corrected chi connectivity index (χ4v) is 2.43. The molecule has 1 atom stereocenters. The molecular formula is C15H19N3O3. The van der Waals surface area contributed by atoms with Crippen LogP contribution < -0.4 is 4.74 Å². The zero-order valence-electron chi connectivity index (χ0n) is 12.3. The van der Waals surface area contributed by atoms with Crippen molar-refractivity contribution >= 4 is 0 Å². The third-order valence-electron chi connectivity index (χ3n) is 3.66. The second-order valence-electron chi connectivity index (χ2n) is 5.11. The van der Waals surface area contributed by atoms with Gasteiger partial charge in [0.15, 0.2) is 0 Å². The van der Waals surface area contributed by atoms with Crippen LogP contribution in [0, 0.1) is 0 Å². The van der Waals surface area contributed by atoms with Gasteiger partial charge < -0.3 is 14.0 Å². The van der Waals surface area contributed by atoms with Crippen molar-refractivity contribution in [1.82, 2.24) is 15.0 Å². The Morgan fingerprint density at radius 2 is 2.24 bits per heavy atom. The third kappa shape index (κ3) is 3.06. The van der Waals surface area contributed by atoms with Gasteiger partial charge in [0.25, 0.3) is 0 Å². The highest BCUT2D eigenvalue weighted by atomic mass is 16.5. The molecule has 1 aromatic heterocycles. The summed E-state index contributed by atoms with van der Waals surface area (Å²) in [6.07, 6.45) is 0. The van der Waals surface area contributed by atoms with Crippen LogP contribution in [-0.2, 0) is 11.3 Å². The molecule has 0 radical (unpaired) electrons. The maximum absolute atomic E-state index is 5.43. The molecule has 6 nitrogen and oxygen atoms in total. The van der Waals surface area contributed by atoms with Crippen molar-refractivity contribution < 1.29 is 14.0 Å². The number of methoxy groups -OCH3 is 1. The zero-order valence-corrected chi connectivity index (χ0v) is 12.3. The molecule has 0 bridgehead atoms. The van der Waals surface area contributed by atoms with E-state index in [-0.39, 0.29) is 0 Å². The molecule has 2 aromatic rings. The lowest BCUT2D eigenvalue weighted by Gasteiger charge is -2.31. The van der Waals surface area contributed by atoms with E-state index in [9.17, 15) is 0 Å². The highest BCUT2D eigenvalue weighted by molar-refractivity contribution is 5.63. The number of hydrogen-bond acceptors (Lipinski definition) is 6. The molecule has 0 amide bonds. The summed E-state index contributed by atoms with van der Waals surface area (Å²) in [5, 5.41) is 4.06. The molecule has 3 rings (SSSR count). The van der Waals surface area contributed by atoms with Gasteiger partial charge in [-0.1, -0.05) is 17.3 Å². The molecule has 112 valence electrons. The Balaban J connectivity index is 1.77. The van der Waals surface area contributed by atoms with Crippen molar-refractivity contribution in [3.8, 4) is 17.1 Å². The SMILES string of the molecule is COc1ccccc1-c1noc(CN2CCOC[C@@H]2C)n1. The maximum Gasteiger partial charge on any atom is 0.241 e. The largest absolute Gasteiger partial charge is 0.496 e. The van der Waals surface area contributed by atoms with E-state index in [0.29, 0.717) is 24.3 Å². The number of ether oxygens (including phenoxy) is 2. The van der Waals surface area contributed by atoms with Crippen LogP contribution in [0.2, 0.25) is 0 Å². The van der Waals surface area contributed by atoms with Crippen molar-refractivity contribution in [1.29, 1.82) is 0 Å². The van der Waals surface area contributed by atoms with Crippen molar-refractivity contribution in [2.75, 3.05) is 26.9 Å². The molecule has 0 spiro atoms. The second kappa shape index (κ2) is 6.24. The number of hydrogen-bond donors (Lipinski definition) is 0.